The molecule has 0 saturated carbocycles. The molecule has 0 aromatic heterocycles. The fourth-order valence-corrected chi connectivity index (χ4v) is 0.665. The van der Waals surface area contributed by atoms with Crippen molar-refractivity contribution in [2.24, 2.45) is 0 Å². The van der Waals surface area contributed by atoms with E-state index in [4.69, 9.17) is 5.11 Å². The summed E-state index contributed by atoms with van der Waals surface area (Å²) in [7, 11) is 0. The SMILES string of the molecule is CCC(O)CNC(=O)CC(C)=O. The molecule has 4 heteroatoms. The number of aliphatic hydroxyl groups is 1. The fourth-order valence-electron chi connectivity index (χ4n) is 0.665. The lowest BCUT2D eigenvalue weighted by Gasteiger charge is -2.08. The first-order valence-electron chi connectivity index (χ1n) is 4.00. The minimum Gasteiger partial charge on any atom is -0.391 e. The highest BCUT2D eigenvalue weighted by atomic mass is 16.3. The molecule has 4 nitrogen and oxygen atoms in total. The highest BCUT2D eigenvalue weighted by molar-refractivity contribution is 5.96. The summed E-state index contributed by atoms with van der Waals surface area (Å²) in [6.45, 7) is 3.40. The highest BCUT2D eigenvalue weighted by Gasteiger charge is 2.06. The number of ketones is 1. The predicted octanol–water partition coefficient (Wildman–Crippen LogP) is -0.147. The molecule has 0 aromatic carbocycles. The first-order chi connectivity index (χ1) is 5.56. The van der Waals surface area contributed by atoms with Crippen LogP contribution in [0.4, 0.5) is 0 Å². The Morgan fingerprint density at radius 3 is 2.50 bits per heavy atom. The van der Waals surface area contributed by atoms with Crippen LogP contribution < -0.4 is 5.32 Å². The molecule has 0 radical (unpaired) electrons. The largest absolute Gasteiger partial charge is 0.391 e. The van der Waals surface area contributed by atoms with Crippen molar-refractivity contribution < 1.29 is 14.7 Å². The van der Waals surface area contributed by atoms with Gasteiger partial charge in [-0.05, 0) is 13.3 Å². The summed E-state index contributed by atoms with van der Waals surface area (Å²) in [5, 5.41) is 11.5. The number of aliphatic hydroxyl groups excluding tert-OH is 1. The van der Waals surface area contributed by atoms with Gasteiger partial charge in [0.1, 0.15) is 5.78 Å². The van der Waals surface area contributed by atoms with Gasteiger partial charge in [-0.3, -0.25) is 9.59 Å². The van der Waals surface area contributed by atoms with Crippen LogP contribution in [0.1, 0.15) is 26.7 Å². The number of hydrogen-bond donors (Lipinski definition) is 2. The van der Waals surface area contributed by atoms with Crippen molar-refractivity contribution in [2.45, 2.75) is 32.8 Å². The Balaban J connectivity index is 3.50. The Labute approximate surface area is 72.0 Å². The monoisotopic (exact) mass is 173 g/mol. The quantitative estimate of drug-likeness (QED) is 0.568. The zero-order valence-corrected chi connectivity index (χ0v) is 7.46. The van der Waals surface area contributed by atoms with Gasteiger partial charge in [0.15, 0.2) is 0 Å². The first kappa shape index (κ1) is 11.1. The third-order valence-corrected chi connectivity index (χ3v) is 1.42. The van der Waals surface area contributed by atoms with Crippen LogP contribution in [0.25, 0.3) is 0 Å². The van der Waals surface area contributed by atoms with Crippen LogP contribution in [0.15, 0.2) is 0 Å². The molecule has 70 valence electrons. The molecule has 0 rings (SSSR count). The molecule has 0 fully saturated rings. The van der Waals surface area contributed by atoms with E-state index in [-0.39, 0.29) is 24.7 Å². The van der Waals surface area contributed by atoms with Crippen molar-refractivity contribution in [3.05, 3.63) is 0 Å². The zero-order chi connectivity index (χ0) is 9.56. The fraction of sp³-hybridized carbons (Fsp3) is 0.750. The lowest BCUT2D eigenvalue weighted by Crippen LogP contribution is -2.32. The maximum Gasteiger partial charge on any atom is 0.227 e. The highest BCUT2D eigenvalue weighted by Crippen LogP contribution is 1.87. The molecule has 1 atom stereocenters. The van der Waals surface area contributed by atoms with Gasteiger partial charge in [-0.15, -0.1) is 0 Å². The van der Waals surface area contributed by atoms with Gasteiger partial charge in [0.2, 0.25) is 5.91 Å². The molecule has 1 unspecified atom stereocenters. The molecule has 12 heavy (non-hydrogen) atoms. The average molecular weight is 173 g/mol. The number of Topliss-reactive ketones (excluding diaryl/α,β-unsaturated/α-hetero) is 1. The second-order valence-corrected chi connectivity index (χ2v) is 2.74. The summed E-state index contributed by atoms with van der Waals surface area (Å²) in [4.78, 5) is 21.3. The second-order valence-electron chi connectivity index (χ2n) is 2.74. The van der Waals surface area contributed by atoms with Crippen LogP contribution in [0.2, 0.25) is 0 Å². The third-order valence-electron chi connectivity index (χ3n) is 1.42. The van der Waals surface area contributed by atoms with Gasteiger partial charge in [0.25, 0.3) is 0 Å². The minimum absolute atomic E-state index is 0.101. The molecule has 0 aliphatic carbocycles. The van der Waals surface area contributed by atoms with Crippen molar-refractivity contribution in [1.29, 1.82) is 0 Å². The maximum absolute atomic E-state index is 10.8. The van der Waals surface area contributed by atoms with E-state index in [1.165, 1.54) is 6.92 Å². The van der Waals surface area contributed by atoms with Crippen molar-refractivity contribution >= 4 is 11.7 Å². The maximum atomic E-state index is 10.8. The number of hydrogen-bond acceptors (Lipinski definition) is 3. The summed E-state index contributed by atoms with van der Waals surface area (Å²) >= 11 is 0. The van der Waals surface area contributed by atoms with Crippen molar-refractivity contribution in [2.75, 3.05) is 6.54 Å². The van der Waals surface area contributed by atoms with Crippen molar-refractivity contribution in [3.63, 3.8) is 0 Å². The van der Waals surface area contributed by atoms with Crippen LogP contribution in [-0.2, 0) is 9.59 Å². The molecule has 0 saturated heterocycles. The molecule has 0 aliphatic heterocycles. The topological polar surface area (TPSA) is 66.4 Å². The number of carbonyl (C=O) groups is 2. The van der Waals surface area contributed by atoms with E-state index in [2.05, 4.69) is 5.32 Å². The number of amides is 1. The van der Waals surface area contributed by atoms with Crippen LogP contribution in [0, 0.1) is 0 Å². The van der Waals surface area contributed by atoms with E-state index in [9.17, 15) is 9.59 Å². The molecular formula is C8H15NO3. The van der Waals surface area contributed by atoms with E-state index in [0.717, 1.165) is 0 Å². The molecule has 2 N–H and O–H groups in total. The third kappa shape index (κ3) is 5.85. The van der Waals surface area contributed by atoms with Crippen molar-refractivity contribution in [3.8, 4) is 0 Å². The molecule has 0 heterocycles. The average Bonchev–Trinajstić information content (AvgIpc) is 1.99. The molecule has 0 bridgehead atoms. The Morgan fingerprint density at radius 2 is 2.08 bits per heavy atom. The Hall–Kier alpha value is -0.900. The van der Waals surface area contributed by atoms with Crippen LogP contribution in [0.5, 0.6) is 0 Å². The zero-order valence-electron chi connectivity index (χ0n) is 7.46. The molecule has 1 amide bonds. The van der Waals surface area contributed by atoms with Gasteiger partial charge in [-0.2, -0.15) is 0 Å². The number of rotatable bonds is 5. The lowest BCUT2D eigenvalue weighted by atomic mass is 10.2. The first-order valence-corrected chi connectivity index (χ1v) is 4.00. The van der Waals surface area contributed by atoms with E-state index < -0.39 is 6.10 Å². The summed E-state index contributed by atoms with van der Waals surface area (Å²) in [5.74, 6) is -0.492. The summed E-state index contributed by atoms with van der Waals surface area (Å²) < 4.78 is 0. The van der Waals surface area contributed by atoms with Gasteiger partial charge >= 0.3 is 0 Å². The summed E-state index contributed by atoms with van der Waals surface area (Å²) in [5.41, 5.74) is 0. The summed E-state index contributed by atoms with van der Waals surface area (Å²) in [6.07, 6.45) is -0.0162. The Morgan fingerprint density at radius 1 is 1.50 bits per heavy atom. The Kier molecular flexibility index (Phi) is 5.28. The molecule has 0 aliphatic rings. The van der Waals surface area contributed by atoms with Gasteiger partial charge < -0.3 is 10.4 Å². The van der Waals surface area contributed by atoms with Gasteiger partial charge in [-0.25, -0.2) is 0 Å². The van der Waals surface area contributed by atoms with Crippen LogP contribution >= 0.6 is 0 Å². The van der Waals surface area contributed by atoms with Crippen molar-refractivity contribution in [1.82, 2.24) is 5.32 Å². The van der Waals surface area contributed by atoms with Gasteiger partial charge in [0, 0.05) is 6.54 Å². The number of nitrogens with one attached hydrogen (secondary N) is 1. The van der Waals surface area contributed by atoms with Crippen LogP contribution in [0.3, 0.4) is 0 Å². The van der Waals surface area contributed by atoms with Gasteiger partial charge in [-0.1, -0.05) is 6.92 Å². The van der Waals surface area contributed by atoms with Gasteiger partial charge in [0.05, 0.1) is 12.5 Å². The Bertz CT molecular complexity index is 168. The van der Waals surface area contributed by atoms with E-state index in [1.54, 1.807) is 0 Å². The second kappa shape index (κ2) is 5.71. The standard InChI is InChI=1S/C8H15NO3/c1-3-7(11)5-9-8(12)4-6(2)10/h7,11H,3-5H2,1-2H3,(H,9,12). The molecule has 0 aromatic rings. The predicted molar refractivity (Wildman–Crippen MR) is 44.6 cm³/mol. The molecule has 0 spiro atoms. The molecular weight excluding hydrogens is 158 g/mol. The van der Waals surface area contributed by atoms with E-state index in [1.807, 2.05) is 6.92 Å². The summed E-state index contributed by atoms with van der Waals surface area (Å²) in [6, 6.07) is 0. The van der Waals surface area contributed by atoms with E-state index in [0.29, 0.717) is 6.42 Å². The minimum atomic E-state index is -0.513. The van der Waals surface area contributed by atoms with E-state index >= 15 is 0 Å². The number of carbonyl (C=O) groups excluding carboxylic acids is 2. The normalized spacial score (nSPS) is 12.2. The van der Waals surface area contributed by atoms with Crippen LogP contribution in [-0.4, -0.2) is 29.4 Å². The lowest BCUT2D eigenvalue weighted by molar-refractivity contribution is -0.127. The smallest absolute Gasteiger partial charge is 0.227 e.